The summed E-state index contributed by atoms with van der Waals surface area (Å²) < 4.78 is 6.37. The van der Waals surface area contributed by atoms with Crippen molar-refractivity contribution in [2.45, 2.75) is 44.3 Å². The molecule has 3 aromatic rings. The van der Waals surface area contributed by atoms with Gasteiger partial charge in [-0.1, -0.05) is 30.8 Å². The van der Waals surface area contributed by atoms with Crippen molar-refractivity contribution in [3.8, 4) is 23.8 Å². The van der Waals surface area contributed by atoms with Crippen molar-refractivity contribution in [1.82, 2.24) is 14.8 Å². The number of nitrogens with zero attached hydrogens (tertiary/aromatic N) is 7. The molecule has 3 aliphatic rings. The number of benzene rings is 2. The fourth-order valence-corrected chi connectivity index (χ4v) is 6.91. The van der Waals surface area contributed by atoms with Gasteiger partial charge in [0, 0.05) is 67.0 Å². The van der Waals surface area contributed by atoms with Crippen LogP contribution in [0, 0.1) is 22.7 Å². The van der Waals surface area contributed by atoms with Gasteiger partial charge in [0.2, 0.25) is 11.8 Å². The number of pyridine rings is 1. The van der Waals surface area contributed by atoms with Gasteiger partial charge in [-0.05, 0) is 50.4 Å². The highest BCUT2D eigenvalue weighted by Gasteiger charge is 2.35. The van der Waals surface area contributed by atoms with Crippen molar-refractivity contribution in [3.05, 3.63) is 65.7 Å². The van der Waals surface area contributed by atoms with E-state index in [1.807, 2.05) is 18.2 Å². The number of carbonyl (C=O) groups is 1. The monoisotopic (exact) mass is 591 g/mol. The maximum absolute atomic E-state index is 12.6. The number of likely N-dealkylation sites (tertiary alicyclic amines) is 1. The first kappa shape index (κ1) is 29.3. The van der Waals surface area contributed by atoms with Crippen LogP contribution < -0.4 is 14.5 Å². The highest BCUT2D eigenvalue weighted by Crippen LogP contribution is 2.40. The topological polar surface area (TPSA) is 120 Å². The molecule has 2 saturated heterocycles. The first-order valence-corrected chi connectivity index (χ1v) is 15.2. The molecular weight excluding hydrogens is 554 g/mol. The van der Waals surface area contributed by atoms with E-state index in [4.69, 9.17) is 9.72 Å². The van der Waals surface area contributed by atoms with Gasteiger partial charge in [0.1, 0.15) is 29.8 Å². The third-order valence-electron chi connectivity index (χ3n) is 9.27. The van der Waals surface area contributed by atoms with E-state index in [1.54, 1.807) is 17.0 Å². The average molecular weight is 592 g/mol. The van der Waals surface area contributed by atoms with Gasteiger partial charge >= 0.3 is 0 Å². The minimum atomic E-state index is -0.303. The smallest absolute Gasteiger partial charge is 0.246 e. The van der Waals surface area contributed by atoms with Gasteiger partial charge in [0.25, 0.3) is 0 Å². The Hall–Kier alpha value is -4.80. The summed E-state index contributed by atoms with van der Waals surface area (Å²) in [6, 6.07) is 16.1. The van der Waals surface area contributed by atoms with E-state index < -0.39 is 0 Å². The molecule has 0 radical (unpaired) electrons. The van der Waals surface area contributed by atoms with Gasteiger partial charge in [0.15, 0.2) is 0 Å². The third kappa shape index (κ3) is 5.49. The molecule has 3 aliphatic heterocycles. The Bertz CT molecular complexity index is 1680. The van der Waals surface area contributed by atoms with Gasteiger partial charge < -0.3 is 29.4 Å². The molecule has 10 nitrogen and oxygen atoms in total. The maximum atomic E-state index is 12.6. The lowest BCUT2D eigenvalue weighted by Crippen LogP contribution is -2.55. The van der Waals surface area contributed by atoms with Crippen molar-refractivity contribution < 1.29 is 14.6 Å². The zero-order valence-corrected chi connectivity index (χ0v) is 25.1. The SMILES string of the molecule is C=CC(=O)N1CCN(c2nc(OC[C@@H]3CCCN3C)c(C#N)c3c2CCN(c2cc(O)cc4ccccc24)C3)CC1CC#N. The molecule has 6 rings (SSSR count). The average Bonchev–Trinajstić information content (AvgIpc) is 3.46. The quantitative estimate of drug-likeness (QED) is 0.407. The maximum Gasteiger partial charge on any atom is 0.246 e. The molecule has 4 heterocycles. The van der Waals surface area contributed by atoms with E-state index >= 15 is 0 Å². The van der Waals surface area contributed by atoms with Crippen LogP contribution in [0.15, 0.2) is 49.1 Å². The molecule has 10 heteroatoms. The Morgan fingerprint density at radius 3 is 2.73 bits per heavy atom. The number of piperazine rings is 1. The molecule has 2 aromatic carbocycles. The van der Waals surface area contributed by atoms with E-state index in [-0.39, 0.29) is 30.2 Å². The van der Waals surface area contributed by atoms with Crippen LogP contribution in [-0.2, 0) is 17.8 Å². The number of aromatic nitrogens is 1. The first-order chi connectivity index (χ1) is 21.4. The summed E-state index contributed by atoms with van der Waals surface area (Å²) in [6.07, 6.45) is 4.28. The van der Waals surface area contributed by atoms with Crippen LogP contribution in [0.4, 0.5) is 11.5 Å². The first-order valence-electron chi connectivity index (χ1n) is 15.2. The van der Waals surface area contributed by atoms with E-state index in [1.165, 1.54) is 6.08 Å². The second kappa shape index (κ2) is 12.4. The summed E-state index contributed by atoms with van der Waals surface area (Å²) in [4.78, 5) is 25.9. The second-order valence-electron chi connectivity index (χ2n) is 11.8. The predicted molar refractivity (Wildman–Crippen MR) is 169 cm³/mol. The van der Waals surface area contributed by atoms with Crippen molar-refractivity contribution in [2.75, 3.05) is 56.2 Å². The number of hydrogen-bond donors (Lipinski definition) is 1. The number of likely N-dealkylation sites (N-methyl/N-ethyl adjacent to an activating group) is 1. The van der Waals surface area contributed by atoms with Gasteiger partial charge in [-0.3, -0.25) is 4.79 Å². The van der Waals surface area contributed by atoms with Crippen molar-refractivity contribution >= 4 is 28.2 Å². The Balaban J connectivity index is 1.41. The number of anilines is 2. The lowest BCUT2D eigenvalue weighted by Gasteiger charge is -2.42. The van der Waals surface area contributed by atoms with E-state index in [0.29, 0.717) is 57.2 Å². The van der Waals surface area contributed by atoms with Crippen LogP contribution in [0.5, 0.6) is 11.6 Å². The van der Waals surface area contributed by atoms with Gasteiger partial charge in [0.05, 0.1) is 18.5 Å². The number of rotatable bonds is 7. The zero-order valence-electron chi connectivity index (χ0n) is 25.1. The van der Waals surface area contributed by atoms with Gasteiger partial charge in [-0.2, -0.15) is 15.5 Å². The summed E-state index contributed by atoms with van der Waals surface area (Å²) in [5, 5.41) is 32.6. The van der Waals surface area contributed by atoms with Crippen LogP contribution in [0.25, 0.3) is 10.8 Å². The molecule has 1 amide bonds. The number of nitriles is 2. The molecule has 0 spiro atoms. The number of phenols is 1. The molecule has 44 heavy (non-hydrogen) atoms. The highest BCUT2D eigenvalue weighted by atomic mass is 16.5. The Kier molecular flexibility index (Phi) is 8.28. The summed E-state index contributed by atoms with van der Waals surface area (Å²) in [6.45, 7) is 7.65. The number of fused-ring (bicyclic) bond motifs is 2. The number of hydrogen-bond acceptors (Lipinski definition) is 9. The highest BCUT2D eigenvalue weighted by molar-refractivity contribution is 5.96. The fraction of sp³-hybridized carbons (Fsp3) is 0.412. The number of aromatic hydroxyl groups is 1. The summed E-state index contributed by atoms with van der Waals surface area (Å²) in [5.74, 6) is 1.09. The summed E-state index contributed by atoms with van der Waals surface area (Å²) in [5.41, 5.74) is 3.21. The largest absolute Gasteiger partial charge is 0.508 e. The fourth-order valence-electron chi connectivity index (χ4n) is 6.91. The molecule has 2 fully saturated rings. The molecule has 0 bridgehead atoms. The lowest BCUT2D eigenvalue weighted by atomic mass is 9.94. The molecule has 2 atom stereocenters. The number of amides is 1. The van der Waals surface area contributed by atoms with Crippen LogP contribution in [0.1, 0.15) is 36.0 Å². The Labute approximate surface area is 258 Å². The Morgan fingerprint density at radius 1 is 1.14 bits per heavy atom. The molecule has 0 aliphatic carbocycles. The Morgan fingerprint density at radius 2 is 1.98 bits per heavy atom. The molecule has 1 N–H and O–H groups in total. The number of ether oxygens (including phenoxy) is 1. The molecule has 0 saturated carbocycles. The summed E-state index contributed by atoms with van der Waals surface area (Å²) >= 11 is 0. The molecule has 1 unspecified atom stereocenters. The van der Waals surface area contributed by atoms with Crippen LogP contribution >= 0.6 is 0 Å². The minimum absolute atomic E-state index is 0.182. The zero-order chi connectivity index (χ0) is 30.8. The summed E-state index contributed by atoms with van der Waals surface area (Å²) in [7, 11) is 2.09. The third-order valence-corrected chi connectivity index (χ3v) is 9.27. The van der Waals surface area contributed by atoms with Gasteiger partial charge in [-0.25, -0.2) is 0 Å². The molecular formula is C34H37N7O3. The van der Waals surface area contributed by atoms with Crippen LogP contribution in [0.3, 0.4) is 0 Å². The van der Waals surface area contributed by atoms with Crippen LogP contribution in [-0.4, -0.2) is 84.3 Å². The molecule has 1 aromatic heterocycles. The second-order valence-corrected chi connectivity index (χ2v) is 11.8. The minimum Gasteiger partial charge on any atom is -0.508 e. The van der Waals surface area contributed by atoms with Gasteiger partial charge in [-0.15, -0.1) is 0 Å². The van der Waals surface area contributed by atoms with E-state index in [2.05, 4.69) is 46.5 Å². The predicted octanol–water partition coefficient (Wildman–Crippen LogP) is 3.96. The van der Waals surface area contributed by atoms with Crippen LogP contribution in [0.2, 0.25) is 0 Å². The van der Waals surface area contributed by atoms with E-state index in [9.17, 15) is 20.4 Å². The number of phenolic OH excluding ortho intramolecular Hbond substituents is 1. The molecule has 226 valence electrons. The van der Waals surface area contributed by atoms with Crippen molar-refractivity contribution in [3.63, 3.8) is 0 Å². The standard InChI is InChI=1S/C34H37N7O3/c1-3-32(43)41-16-15-40(20-24(41)10-12-35)33-28-11-14-39(31-18-26(42)17-23-7-4-5-9-27(23)31)21-30(28)29(19-36)34(37-33)44-22-25-8-6-13-38(25)2/h3-5,7,9,17-18,24-25,42H,1,6,8,10-11,13-16,20-22H2,2H3/t24?,25-/m0/s1. The van der Waals surface area contributed by atoms with Crippen molar-refractivity contribution in [1.29, 1.82) is 10.5 Å². The lowest BCUT2D eigenvalue weighted by molar-refractivity contribution is -0.128. The normalized spacial score (nSPS) is 20.2. The number of carbonyl (C=O) groups excluding carboxylic acids is 1. The van der Waals surface area contributed by atoms with E-state index in [0.717, 1.165) is 52.8 Å². The van der Waals surface area contributed by atoms with Crippen molar-refractivity contribution in [2.24, 2.45) is 0 Å².